The van der Waals surface area contributed by atoms with E-state index in [2.05, 4.69) is 15.2 Å². The number of ether oxygens (including phenoxy) is 1. The molecule has 2 aromatic carbocycles. The second kappa shape index (κ2) is 7.92. The molecular formula is C22H21F2N5O2. The normalized spacial score (nSPS) is 11.7. The fourth-order valence-corrected chi connectivity index (χ4v) is 3.33. The van der Waals surface area contributed by atoms with Crippen molar-refractivity contribution in [3.05, 3.63) is 59.7 Å². The van der Waals surface area contributed by atoms with Gasteiger partial charge in [0.2, 0.25) is 5.82 Å². The third kappa shape index (κ3) is 4.17. The molecule has 0 amide bonds. The quantitative estimate of drug-likeness (QED) is 0.494. The van der Waals surface area contributed by atoms with Gasteiger partial charge in [-0.2, -0.15) is 18.9 Å². The van der Waals surface area contributed by atoms with Crippen LogP contribution in [0.1, 0.15) is 11.1 Å². The lowest BCUT2D eigenvalue weighted by Gasteiger charge is -2.19. The third-order valence-electron chi connectivity index (χ3n) is 4.80. The van der Waals surface area contributed by atoms with Crippen LogP contribution in [0, 0.1) is 13.8 Å². The molecule has 4 aromatic rings. The molecule has 0 atom stereocenters. The van der Waals surface area contributed by atoms with E-state index in [-0.39, 0.29) is 11.6 Å². The fourth-order valence-electron chi connectivity index (χ4n) is 3.33. The van der Waals surface area contributed by atoms with Crippen molar-refractivity contribution in [2.75, 3.05) is 6.54 Å². The smallest absolute Gasteiger partial charge is 0.410 e. The van der Waals surface area contributed by atoms with E-state index in [1.54, 1.807) is 30.7 Å². The molecule has 2 aromatic heterocycles. The van der Waals surface area contributed by atoms with Gasteiger partial charge in [0.1, 0.15) is 5.75 Å². The first kappa shape index (κ1) is 20.7. The summed E-state index contributed by atoms with van der Waals surface area (Å²) >= 11 is 0. The Hall–Kier alpha value is -3.59. The van der Waals surface area contributed by atoms with Gasteiger partial charge in [-0.15, -0.1) is 0 Å². The molecule has 0 fully saturated rings. The van der Waals surface area contributed by atoms with Crippen molar-refractivity contribution in [2.24, 2.45) is 12.8 Å². The lowest BCUT2D eigenvalue weighted by Crippen LogP contribution is -2.34. The predicted octanol–water partition coefficient (Wildman–Crippen LogP) is 4.35. The summed E-state index contributed by atoms with van der Waals surface area (Å²) in [6, 6.07) is 15.0. The van der Waals surface area contributed by atoms with Crippen LogP contribution in [0.5, 0.6) is 5.75 Å². The predicted molar refractivity (Wildman–Crippen MR) is 111 cm³/mol. The molecule has 0 saturated heterocycles. The van der Waals surface area contributed by atoms with E-state index in [9.17, 15) is 8.78 Å². The number of aryl methyl sites for hydroxylation is 3. The molecule has 2 heterocycles. The highest BCUT2D eigenvalue weighted by molar-refractivity contribution is 5.67. The highest BCUT2D eigenvalue weighted by Crippen LogP contribution is 2.33. The number of hydrogen-bond acceptors (Lipinski definition) is 6. The molecule has 0 aliphatic rings. The van der Waals surface area contributed by atoms with Crippen molar-refractivity contribution in [1.29, 1.82) is 0 Å². The molecule has 9 heteroatoms. The zero-order valence-corrected chi connectivity index (χ0v) is 17.3. The van der Waals surface area contributed by atoms with E-state index in [1.165, 1.54) is 0 Å². The Bertz CT molecular complexity index is 1190. The standard InChI is InChI=1S/C22H21F2N5O2/c1-13-9-16(10-14(2)19(13)30-22(23,24)12-25)20-26-21(31-28-20)17-11-18(29(3)27-17)15-7-5-4-6-8-15/h4-11H,12,25H2,1-3H3. The molecule has 0 bridgehead atoms. The van der Waals surface area contributed by atoms with Gasteiger partial charge in [-0.1, -0.05) is 35.5 Å². The second-order valence-corrected chi connectivity index (χ2v) is 7.21. The van der Waals surface area contributed by atoms with Crippen LogP contribution < -0.4 is 10.5 Å². The summed E-state index contributed by atoms with van der Waals surface area (Å²) in [5, 5.41) is 8.50. The average Bonchev–Trinajstić information content (AvgIpc) is 3.38. The Kier molecular flexibility index (Phi) is 5.28. The van der Waals surface area contributed by atoms with Crippen LogP contribution in [-0.2, 0) is 7.05 Å². The molecular weight excluding hydrogens is 404 g/mol. The van der Waals surface area contributed by atoms with Crippen LogP contribution >= 0.6 is 0 Å². The van der Waals surface area contributed by atoms with Gasteiger partial charge in [-0.25, -0.2) is 0 Å². The summed E-state index contributed by atoms with van der Waals surface area (Å²) in [6.45, 7) is 2.44. The first-order valence-corrected chi connectivity index (χ1v) is 9.59. The first-order valence-electron chi connectivity index (χ1n) is 9.59. The number of nitrogens with two attached hydrogens (primary N) is 1. The van der Waals surface area contributed by atoms with E-state index < -0.39 is 12.7 Å². The van der Waals surface area contributed by atoms with Gasteiger partial charge in [0.15, 0.2) is 5.69 Å². The summed E-state index contributed by atoms with van der Waals surface area (Å²) in [6.07, 6.45) is -3.44. The molecule has 4 rings (SSSR count). The summed E-state index contributed by atoms with van der Waals surface area (Å²) in [5.41, 5.74) is 9.17. The van der Waals surface area contributed by atoms with Crippen molar-refractivity contribution >= 4 is 0 Å². The number of hydrogen-bond donors (Lipinski definition) is 1. The van der Waals surface area contributed by atoms with Gasteiger partial charge in [-0.05, 0) is 48.7 Å². The summed E-state index contributed by atoms with van der Waals surface area (Å²) in [4.78, 5) is 4.44. The van der Waals surface area contributed by atoms with Gasteiger partial charge >= 0.3 is 6.11 Å². The minimum absolute atomic E-state index is 0.0835. The summed E-state index contributed by atoms with van der Waals surface area (Å²) < 4.78 is 39.1. The first-order chi connectivity index (χ1) is 14.8. The van der Waals surface area contributed by atoms with Crippen molar-refractivity contribution in [3.8, 4) is 40.0 Å². The third-order valence-corrected chi connectivity index (χ3v) is 4.80. The van der Waals surface area contributed by atoms with E-state index in [4.69, 9.17) is 15.0 Å². The van der Waals surface area contributed by atoms with Crippen molar-refractivity contribution in [1.82, 2.24) is 19.9 Å². The van der Waals surface area contributed by atoms with Crippen LogP contribution in [0.15, 0.2) is 53.1 Å². The second-order valence-electron chi connectivity index (χ2n) is 7.21. The van der Waals surface area contributed by atoms with Gasteiger partial charge in [-0.3, -0.25) is 4.68 Å². The number of alkyl halides is 2. The average molecular weight is 425 g/mol. The van der Waals surface area contributed by atoms with Crippen LogP contribution in [0.4, 0.5) is 8.78 Å². The van der Waals surface area contributed by atoms with Gasteiger partial charge < -0.3 is 15.0 Å². The van der Waals surface area contributed by atoms with Crippen LogP contribution in [-0.4, -0.2) is 32.6 Å². The van der Waals surface area contributed by atoms with Crippen LogP contribution in [0.3, 0.4) is 0 Å². The van der Waals surface area contributed by atoms with Gasteiger partial charge in [0.05, 0.1) is 12.2 Å². The molecule has 0 aliphatic carbocycles. The molecule has 31 heavy (non-hydrogen) atoms. The molecule has 0 saturated carbocycles. The zero-order valence-electron chi connectivity index (χ0n) is 17.3. The molecule has 0 spiro atoms. The maximum atomic E-state index is 13.6. The van der Waals surface area contributed by atoms with Gasteiger partial charge in [0.25, 0.3) is 5.89 Å². The molecule has 2 N–H and O–H groups in total. The fraction of sp³-hybridized carbons (Fsp3) is 0.227. The van der Waals surface area contributed by atoms with Crippen molar-refractivity contribution in [3.63, 3.8) is 0 Å². The molecule has 160 valence electrons. The molecule has 7 nitrogen and oxygen atoms in total. The number of aromatic nitrogens is 4. The van der Waals surface area contributed by atoms with Crippen LogP contribution in [0.25, 0.3) is 34.2 Å². The van der Waals surface area contributed by atoms with Crippen molar-refractivity contribution < 1.29 is 18.0 Å². The maximum Gasteiger partial charge on any atom is 0.410 e. The van der Waals surface area contributed by atoms with E-state index in [0.29, 0.717) is 28.2 Å². The van der Waals surface area contributed by atoms with Gasteiger partial charge in [0, 0.05) is 12.6 Å². The Morgan fingerprint density at radius 2 is 1.74 bits per heavy atom. The van der Waals surface area contributed by atoms with E-state index in [1.807, 2.05) is 43.4 Å². The number of nitrogens with zero attached hydrogens (tertiary/aromatic N) is 4. The number of benzene rings is 2. The van der Waals surface area contributed by atoms with Crippen LogP contribution in [0.2, 0.25) is 0 Å². The Morgan fingerprint density at radius 1 is 1.06 bits per heavy atom. The Balaban J connectivity index is 1.64. The topological polar surface area (TPSA) is 92.0 Å². The molecule has 0 aliphatic heterocycles. The monoisotopic (exact) mass is 425 g/mol. The largest absolute Gasteiger partial charge is 0.431 e. The Morgan fingerprint density at radius 3 is 2.39 bits per heavy atom. The van der Waals surface area contributed by atoms with Crippen molar-refractivity contribution in [2.45, 2.75) is 20.0 Å². The SMILES string of the molecule is Cc1cc(-c2noc(-c3cc(-c4ccccc4)n(C)n3)n2)cc(C)c1OC(F)(F)CN. The maximum absolute atomic E-state index is 13.6. The molecule has 0 radical (unpaired) electrons. The number of halogens is 2. The highest BCUT2D eigenvalue weighted by atomic mass is 19.3. The Labute approximate surface area is 177 Å². The van der Waals surface area contributed by atoms with E-state index in [0.717, 1.165) is 11.3 Å². The molecule has 0 unspecified atom stereocenters. The zero-order chi connectivity index (χ0) is 22.2. The number of rotatable bonds is 6. The van der Waals surface area contributed by atoms with E-state index >= 15 is 0 Å². The summed E-state index contributed by atoms with van der Waals surface area (Å²) in [7, 11) is 1.84. The summed E-state index contributed by atoms with van der Waals surface area (Å²) in [5.74, 6) is 0.670. The minimum Gasteiger partial charge on any atom is -0.431 e. The highest BCUT2D eigenvalue weighted by Gasteiger charge is 2.31. The minimum atomic E-state index is -3.44. The lowest BCUT2D eigenvalue weighted by atomic mass is 10.1. The lowest BCUT2D eigenvalue weighted by molar-refractivity contribution is -0.166.